The number of nitrogens with one attached hydrogen (secondary N) is 1. The highest BCUT2D eigenvalue weighted by Gasteiger charge is 2.31. The Kier molecular flexibility index (Phi) is 3.98. The predicted molar refractivity (Wildman–Crippen MR) is 76.3 cm³/mol. The van der Waals surface area contributed by atoms with Crippen molar-refractivity contribution in [3.8, 4) is 5.75 Å². The molecule has 0 aromatic heterocycles. The summed E-state index contributed by atoms with van der Waals surface area (Å²) in [4.78, 5) is 12.0. The highest BCUT2D eigenvalue weighted by Crippen LogP contribution is 2.39. The summed E-state index contributed by atoms with van der Waals surface area (Å²) in [6.07, 6.45) is 3.65. The zero-order chi connectivity index (χ0) is 13.9. The Balaban J connectivity index is 1.97. The van der Waals surface area contributed by atoms with E-state index in [2.05, 4.69) is 12.2 Å². The highest BCUT2D eigenvalue weighted by atomic mass is 16.5. The fourth-order valence-electron chi connectivity index (χ4n) is 2.33. The van der Waals surface area contributed by atoms with Gasteiger partial charge in [0.2, 0.25) is 0 Å². The molecule has 4 heteroatoms. The van der Waals surface area contributed by atoms with Crippen molar-refractivity contribution in [1.82, 2.24) is 5.32 Å². The summed E-state index contributed by atoms with van der Waals surface area (Å²) < 4.78 is 5.36. The topological polar surface area (TPSA) is 64.3 Å². The van der Waals surface area contributed by atoms with Crippen molar-refractivity contribution < 1.29 is 9.53 Å². The third-order valence-corrected chi connectivity index (χ3v) is 3.81. The van der Waals surface area contributed by atoms with Gasteiger partial charge in [0.25, 0.3) is 5.91 Å². The minimum Gasteiger partial charge on any atom is -0.492 e. The molecule has 0 radical (unpaired) electrons. The van der Waals surface area contributed by atoms with Crippen LogP contribution in [-0.2, 0) is 0 Å². The van der Waals surface area contributed by atoms with E-state index in [1.54, 1.807) is 18.2 Å². The molecule has 2 rings (SSSR count). The number of carbonyl (C=O) groups is 1. The van der Waals surface area contributed by atoms with Crippen LogP contribution in [0.1, 0.15) is 43.5 Å². The van der Waals surface area contributed by atoms with Gasteiger partial charge >= 0.3 is 0 Å². The van der Waals surface area contributed by atoms with Crippen molar-refractivity contribution in [3.63, 3.8) is 0 Å². The lowest BCUT2D eigenvalue weighted by Crippen LogP contribution is -2.39. The smallest absolute Gasteiger partial charge is 0.251 e. The van der Waals surface area contributed by atoms with Gasteiger partial charge in [-0.1, -0.05) is 13.3 Å². The van der Waals surface area contributed by atoms with Crippen molar-refractivity contribution in [1.29, 1.82) is 0 Å². The zero-order valence-electron chi connectivity index (χ0n) is 11.7. The molecule has 0 unspecified atom stereocenters. The molecule has 3 N–H and O–H groups in total. The van der Waals surface area contributed by atoms with Gasteiger partial charge < -0.3 is 15.8 Å². The number of nitrogen functional groups attached to an aromatic ring is 1. The van der Waals surface area contributed by atoms with Gasteiger partial charge in [0.05, 0.1) is 12.3 Å². The van der Waals surface area contributed by atoms with E-state index in [1.165, 1.54) is 19.3 Å². The quantitative estimate of drug-likeness (QED) is 0.802. The summed E-state index contributed by atoms with van der Waals surface area (Å²) in [5, 5.41) is 2.98. The van der Waals surface area contributed by atoms with Crippen molar-refractivity contribution in [2.45, 2.75) is 33.1 Å². The third kappa shape index (κ3) is 3.19. The maximum atomic E-state index is 12.0. The minimum absolute atomic E-state index is 0.0668. The highest BCUT2D eigenvalue weighted by molar-refractivity contribution is 5.95. The Bertz CT molecular complexity index is 467. The van der Waals surface area contributed by atoms with Crippen LogP contribution in [-0.4, -0.2) is 19.1 Å². The number of nitrogens with two attached hydrogens (primary N) is 1. The van der Waals surface area contributed by atoms with E-state index < -0.39 is 0 Å². The van der Waals surface area contributed by atoms with Gasteiger partial charge in [-0.3, -0.25) is 4.79 Å². The second kappa shape index (κ2) is 5.51. The maximum absolute atomic E-state index is 12.0. The van der Waals surface area contributed by atoms with Gasteiger partial charge in [-0.05, 0) is 43.4 Å². The average Bonchev–Trinajstić information content (AvgIpc) is 2.36. The SMILES string of the molecule is CCOc1ccc(C(=O)NCC2(C)CCC2)cc1N. The first-order valence-corrected chi connectivity index (χ1v) is 6.84. The van der Waals surface area contributed by atoms with Crippen LogP contribution in [0.4, 0.5) is 5.69 Å². The van der Waals surface area contributed by atoms with Crippen LogP contribution in [0, 0.1) is 5.41 Å². The molecule has 1 aliphatic rings. The van der Waals surface area contributed by atoms with Crippen LogP contribution in [0.25, 0.3) is 0 Å². The second-order valence-electron chi connectivity index (χ2n) is 5.53. The number of carbonyl (C=O) groups excluding carboxylic acids is 1. The number of ether oxygens (including phenoxy) is 1. The molecular formula is C15H22N2O2. The van der Waals surface area contributed by atoms with E-state index in [9.17, 15) is 4.79 Å². The first-order valence-electron chi connectivity index (χ1n) is 6.84. The monoisotopic (exact) mass is 262 g/mol. The molecule has 0 saturated heterocycles. The van der Waals surface area contributed by atoms with Crippen LogP contribution < -0.4 is 15.8 Å². The van der Waals surface area contributed by atoms with Crippen molar-refractivity contribution in [2.24, 2.45) is 5.41 Å². The summed E-state index contributed by atoms with van der Waals surface area (Å²) in [5.41, 5.74) is 7.23. The summed E-state index contributed by atoms with van der Waals surface area (Å²) in [5.74, 6) is 0.563. The van der Waals surface area contributed by atoms with Crippen molar-refractivity contribution in [2.75, 3.05) is 18.9 Å². The van der Waals surface area contributed by atoms with Gasteiger partial charge in [0.1, 0.15) is 5.75 Å². The summed E-state index contributed by atoms with van der Waals surface area (Å²) >= 11 is 0. The molecule has 104 valence electrons. The Morgan fingerprint density at radius 1 is 1.47 bits per heavy atom. The number of rotatable bonds is 5. The molecule has 19 heavy (non-hydrogen) atoms. The Morgan fingerprint density at radius 3 is 2.74 bits per heavy atom. The second-order valence-corrected chi connectivity index (χ2v) is 5.53. The molecule has 4 nitrogen and oxygen atoms in total. The molecular weight excluding hydrogens is 240 g/mol. The van der Waals surface area contributed by atoms with E-state index in [0.29, 0.717) is 23.6 Å². The number of anilines is 1. The van der Waals surface area contributed by atoms with Gasteiger partial charge in [0, 0.05) is 12.1 Å². The molecule has 1 saturated carbocycles. The Labute approximate surface area is 114 Å². The van der Waals surface area contributed by atoms with Gasteiger partial charge in [-0.2, -0.15) is 0 Å². The van der Waals surface area contributed by atoms with Gasteiger partial charge in [-0.15, -0.1) is 0 Å². The fraction of sp³-hybridized carbons (Fsp3) is 0.533. The zero-order valence-corrected chi connectivity index (χ0v) is 11.7. The molecule has 1 aromatic carbocycles. The lowest BCUT2D eigenvalue weighted by atomic mass is 9.70. The minimum atomic E-state index is -0.0668. The average molecular weight is 262 g/mol. The predicted octanol–water partition coefficient (Wildman–Crippen LogP) is 2.59. The maximum Gasteiger partial charge on any atom is 0.251 e. The molecule has 1 aromatic rings. The molecule has 1 fully saturated rings. The van der Waals surface area contributed by atoms with Crippen LogP contribution in [0.15, 0.2) is 18.2 Å². The first kappa shape index (κ1) is 13.7. The molecule has 1 amide bonds. The van der Waals surface area contributed by atoms with Gasteiger partial charge in [0.15, 0.2) is 0 Å². The van der Waals surface area contributed by atoms with Gasteiger partial charge in [-0.25, -0.2) is 0 Å². The van der Waals surface area contributed by atoms with E-state index in [4.69, 9.17) is 10.5 Å². The Morgan fingerprint density at radius 2 is 2.21 bits per heavy atom. The van der Waals surface area contributed by atoms with E-state index >= 15 is 0 Å². The molecule has 0 bridgehead atoms. The van der Waals surface area contributed by atoms with E-state index in [1.807, 2.05) is 6.92 Å². The fourth-order valence-corrected chi connectivity index (χ4v) is 2.33. The summed E-state index contributed by atoms with van der Waals surface area (Å²) in [6.45, 7) is 5.41. The molecule has 0 heterocycles. The lowest BCUT2D eigenvalue weighted by Gasteiger charge is -2.38. The Hall–Kier alpha value is -1.71. The molecule has 0 aliphatic heterocycles. The van der Waals surface area contributed by atoms with Crippen LogP contribution >= 0.6 is 0 Å². The lowest BCUT2D eigenvalue weighted by molar-refractivity contribution is 0.0891. The standard InChI is InChI=1S/C15H22N2O2/c1-3-19-13-6-5-11(9-12(13)16)14(18)17-10-15(2)7-4-8-15/h5-6,9H,3-4,7-8,10,16H2,1-2H3,(H,17,18). The molecule has 1 aliphatic carbocycles. The summed E-state index contributed by atoms with van der Waals surface area (Å²) in [6, 6.07) is 5.17. The van der Waals surface area contributed by atoms with E-state index in [-0.39, 0.29) is 11.3 Å². The number of benzene rings is 1. The van der Waals surface area contributed by atoms with Crippen LogP contribution in [0.3, 0.4) is 0 Å². The molecule has 0 spiro atoms. The van der Waals surface area contributed by atoms with Crippen LogP contribution in [0.2, 0.25) is 0 Å². The van der Waals surface area contributed by atoms with Crippen molar-refractivity contribution in [3.05, 3.63) is 23.8 Å². The third-order valence-electron chi connectivity index (χ3n) is 3.81. The number of hydrogen-bond acceptors (Lipinski definition) is 3. The molecule has 0 atom stereocenters. The first-order chi connectivity index (χ1) is 9.04. The normalized spacial score (nSPS) is 16.5. The largest absolute Gasteiger partial charge is 0.492 e. The van der Waals surface area contributed by atoms with Crippen molar-refractivity contribution >= 4 is 11.6 Å². The van der Waals surface area contributed by atoms with E-state index in [0.717, 1.165) is 6.54 Å². The number of amides is 1. The van der Waals surface area contributed by atoms with Crippen LogP contribution in [0.5, 0.6) is 5.75 Å². The number of hydrogen-bond donors (Lipinski definition) is 2. The summed E-state index contributed by atoms with van der Waals surface area (Å²) in [7, 11) is 0.